The summed E-state index contributed by atoms with van der Waals surface area (Å²) in [5.41, 5.74) is 1.65. The number of aliphatic carboxylic acids is 1. The van der Waals surface area contributed by atoms with E-state index in [0.717, 1.165) is 11.1 Å². The average Bonchev–Trinajstić information content (AvgIpc) is 2.69. The zero-order chi connectivity index (χ0) is 19.5. The molecule has 0 aliphatic heterocycles. The average molecular weight is 370 g/mol. The first-order valence-electron chi connectivity index (χ1n) is 8.66. The maximum Gasteiger partial charge on any atom is 0.309 e. The molecule has 2 aromatic rings. The van der Waals surface area contributed by atoms with Crippen LogP contribution in [-0.2, 0) is 37.1 Å². The van der Waals surface area contributed by atoms with Gasteiger partial charge in [-0.05, 0) is 17.5 Å². The summed E-state index contributed by atoms with van der Waals surface area (Å²) in [6, 6.07) is 18.3. The molecule has 0 aromatic heterocycles. The number of hydrogen-bond acceptors (Lipinski definition) is 5. The maximum atomic E-state index is 12.3. The summed E-state index contributed by atoms with van der Waals surface area (Å²) in [7, 11) is 0. The third kappa shape index (κ3) is 7.73. The third-order valence-electron chi connectivity index (χ3n) is 3.92. The Labute approximate surface area is 157 Å². The van der Waals surface area contributed by atoms with Crippen molar-refractivity contribution in [3.05, 3.63) is 71.8 Å². The van der Waals surface area contributed by atoms with Crippen molar-refractivity contribution in [2.45, 2.75) is 32.5 Å². The second-order valence-electron chi connectivity index (χ2n) is 6.07. The van der Waals surface area contributed by atoms with Crippen molar-refractivity contribution in [3.63, 3.8) is 0 Å². The highest BCUT2D eigenvalue weighted by Crippen LogP contribution is 2.17. The number of carboxylic acids is 1. The Morgan fingerprint density at radius 1 is 0.815 bits per heavy atom. The normalized spacial score (nSPS) is 11.4. The molecule has 27 heavy (non-hydrogen) atoms. The summed E-state index contributed by atoms with van der Waals surface area (Å²) >= 11 is 0. The molecule has 0 amide bonds. The van der Waals surface area contributed by atoms with Gasteiger partial charge in [-0.25, -0.2) is 0 Å². The summed E-state index contributed by atoms with van der Waals surface area (Å²) in [4.78, 5) is 35.2. The zero-order valence-electron chi connectivity index (χ0n) is 14.9. The fraction of sp³-hybridized carbons (Fsp3) is 0.286. The molecule has 0 bridgehead atoms. The first-order chi connectivity index (χ1) is 13.0. The van der Waals surface area contributed by atoms with E-state index in [0.29, 0.717) is 0 Å². The van der Waals surface area contributed by atoms with Crippen LogP contribution in [0.2, 0.25) is 0 Å². The second kappa shape index (κ2) is 10.8. The molecule has 0 aliphatic carbocycles. The van der Waals surface area contributed by atoms with Crippen LogP contribution < -0.4 is 0 Å². The quantitative estimate of drug-likeness (QED) is 0.645. The van der Waals surface area contributed by atoms with Gasteiger partial charge in [-0.15, -0.1) is 0 Å². The largest absolute Gasteiger partial charge is 0.481 e. The Morgan fingerprint density at radius 2 is 1.33 bits per heavy atom. The highest BCUT2D eigenvalue weighted by molar-refractivity contribution is 5.80. The van der Waals surface area contributed by atoms with Crippen molar-refractivity contribution < 1.29 is 29.0 Å². The fourth-order valence-corrected chi connectivity index (χ4v) is 2.45. The van der Waals surface area contributed by atoms with Gasteiger partial charge >= 0.3 is 17.9 Å². The van der Waals surface area contributed by atoms with Crippen molar-refractivity contribution in [1.82, 2.24) is 0 Å². The lowest BCUT2D eigenvalue weighted by Crippen LogP contribution is -2.23. The van der Waals surface area contributed by atoms with Crippen molar-refractivity contribution in [2.24, 2.45) is 5.92 Å². The molecule has 1 atom stereocenters. The van der Waals surface area contributed by atoms with E-state index in [-0.39, 0.29) is 32.5 Å². The molecular formula is C21H22O6. The van der Waals surface area contributed by atoms with E-state index in [9.17, 15) is 14.4 Å². The minimum Gasteiger partial charge on any atom is -0.481 e. The second-order valence-corrected chi connectivity index (χ2v) is 6.07. The van der Waals surface area contributed by atoms with Crippen LogP contribution in [-0.4, -0.2) is 23.0 Å². The number of carbonyl (C=O) groups is 3. The summed E-state index contributed by atoms with van der Waals surface area (Å²) in [5.74, 6) is -3.05. The van der Waals surface area contributed by atoms with Gasteiger partial charge < -0.3 is 14.6 Å². The standard InChI is InChI=1S/C21H22O6/c22-19(23)12-11-18(21(25)27-15-17-9-5-2-6-10-17)13-20(24)26-14-16-7-3-1-4-8-16/h1-10,18H,11-15H2,(H,22,23). The van der Waals surface area contributed by atoms with Crippen molar-refractivity contribution in [1.29, 1.82) is 0 Å². The molecular weight excluding hydrogens is 348 g/mol. The molecule has 6 heteroatoms. The SMILES string of the molecule is O=C(O)CCC(CC(=O)OCc1ccccc1)C(=O)OCc1ccccc1. The lowest BCUT2D eigenvalue weighted by atomic mass is 9.99. The summed E-state index contributed by atoms with van der Waals surface area (Å²) in [6.07, 6.45) is -0.422. The van der Waals surface area contributed by atoms with E-state index in [1.54, 1.807) is 0 Å². The molecule has 0 radical (unpaired) electrons. The Morgan fingerprint density at radius 3 is 1.85 bits per heavy atom. The van der Waals surface area contributed by atoms with Gasteiger partial charge in [0.1, 0.15) is 13.2 Å². The number of carbonyl (C=O) groups excluding carboxylic acids is 2. The summed E-state index contributed by atoms with van der Waals surface area (Å²) < 4.78 is 10.4. The number of rotatable bonds is 10. The Kier molecular flexibility index (Phi) is 8.03. The van der Waals surface area contributed by atoms with Crippen LogP contribution in [0, 0.1) is 5.92 Å². The van der Waals surface area contributed by atoms with Gasteiger partial charge in [0.15, 0.2) is 0 Å². The maximum absolute atomic E-state index is 12.3. The van der Waals surface area contributed by atoms with Gasteiger partial charge in [-0.2, -0.15) is 0 Å². The van der Waals surface area contributed by atoms with Gasteiger partial charge in [-0.3, -0.25) is 14.4 Å². The van der Waals surface area contributed by atoms with Crippen LogP contribution in [0.4, 0.5) is 0 Å². The lowest BCUT2D eigenvalue weighted by molar-refractivity contribution is -0.157. The summed E-state index contributed by atoms with van der Waals surface area (Å²) in [5, 5.41) is 8.87. The van der Waals surface area contributed by atoms with Gasteiger partial charge in [0.05, 0.1) is 12.3 Å². The monoisotopic (exact) mass is 370 g/mol. The minimum absolute atomic E-state index is 0.0173. The molecule has 0 saturated heterocycles. The third-order valence-corrected chi connectivity index (χ3v) is 3.92. The number of hydrogen-bond donors (Lipinski definition) is 1. The molecule has 0 aliphatic rings. The molecule has 0 heterocycles. The zero-order valence-corrected chi connectivity index (χ0v) is 14.9. The lowest BCUT2D eigenvalue weighted by Gasteiger charge is -2.15. The van der Waals surface area contributed by atoms with Crippen LogP contribution in [0.1, 0.15) is 30.4 Å². The van der Waals surface area contributed by atoms with Crippen molar-refractivity contribution >= 4 is 17.9 Å². The van der Waals surface area contributed by atoms with Crippen LogP contribution in [0.5, 0.6) is 0 Å². The van der Waals surface area contributed by atoms with Gasteiger partial charge in [-0.1, -0.05) is 60.7 Å². The first kappa shape index (κ1) is 20.2. The molecule has 2 aromatic carbocycles. The fourth-order valence-electron chi connectivity index (χ4n) is 2.45. The number of carboxylic acid groups (broad SMARTS) is 1. The van der Waals surface area contributed by atoms with Gasteiger partial charge in [0, 0.05) is 6.42 Å². The van der Waals surface area contributed by atoms with E-state index >= 15 is 0 Å². The highest BCUT2D eigenvalue weighted by Gasteiger charge is 2.25. The molecule has 2 rings (SSSR count). The first-order valence-corrected chi connectivity index (χ1v) is 8.66. The molecule has 6 nitrogen and oxygen atoms in total. The Hall–Kier alpha value is -3.15. The number of esters is 2. The highest BCUT2D eigenvalue weighted by atomic mass is 16.5. The molecule has 0 saturated carbocycles. The van der Waals surface area contributed by atoms with E-state index in [2.05, 4.69) is 0 Å². The smallest absolute Gasteiger partial charge is 0.309 e. The van der Waals surface area contributed by atoms with Crippen LogP contribution >= 0.6 is 0 Å². The van der Waals surface area contributed by atoms with E-state index in [1.165, 1.54) is 0 Å². The predicted octanol–water partition coefficient (Wildman–Crippen LogP) is 3.34. The molecule has 1 N–H and O–H groups in total. The molecule has 142 valence electrons. The van der Waals surface area contributed by atoms with Gasteiger partial charge in [0.25, 0.3) is 0 Å². The van der Waals surface area contributed by atoms with E-state index < -0.39 is 23.8 Å². The van der Waals surface area contributed by atoms with Crippen LogP contribution in [0.3, 0.4) is 0 Å². The summed E-state index contributed by atoms with van der Waals surface area (Å²) in [6.45, 7) is 0.173. The van der Waals surface area contributed by atoms with Crippen molar-refractivity contribution in [3.8, 4) is 0 Å². The molecule has 0 spiro atoms. The van der Waals surface area contributed by atoms with E-state index in [1.807, 2.05) is 60.7 Å². The Balaban J connectivity index is 1.88. The van der Waals surface area contributed by atoms with Crippen LogP contribution in [0.25, 0.3) is 0 Å². The van der Waals surface area contributed by atoms with Crippen molar-refractivity contribution in [2.75, 3.05) is 0 Å². The minimum atomic E-state index is -1.03. The van der Waals surface area contributed by atoms with Gasteiger partial charge in [0.2, 0.25) is 0 Å². The number of ether oxygens (including phenoxy) is 2. The molecule has 0 fully saturated rings. The Bertz CT molecular complexity index is 742. The number of benzene rings is 2. The predicted molar refractivity (Wildman–Crippen MR) is 97.5 cm³/mol. The van der Waals surface area contributed by atoms with Crippen LogP contribution in [0.15, 0.2) is 60.7 Å². The topological polar surface area (TPSA) is 89.9 Å². The molecule has 1 unspecified atom stereocenters. The van der Waals surface area contributed by atoms with E-state index in [4.69, 9.17) is 14.6 Å².